The van der Waals surface area contributed by atoms with Gasteiger partial charge in [-0.05, 0) is 18.4 Å². The van der Waals surface area contributed by atoms with Crippen molar-refractivity contribution in [2.45, 2.75) is 12.3 Å². The van der Waals surface area contributed by atoms with Gasteiger partial charge < -0.3 is 4.98 Å². The van der Waals surface area contributed by atoms with Gasteiger partial charge >= 0.3 is 0 Å². The Bertz CT molecular complexity index is 655. The molecule has 0 aliphatic carbocycles. The van der Waals surface area contributed by atoms with Gasteiger partial charge in [0.05, 0.1) is 16.4 Å². The van der Waals surface area contributed by atoms with Crippen LogP contribution < -0.4 is 0 Å². The first-order valence-electron chi connectivity index (χ1n) is 5.27. The fourth-order valence-corrected chi connectivity index (χ4v) is 2.05. The number of nitrogens with one attached hydrogen (secondary N) is 1. The Hall–Kier alpha value is -1.54. The first kappa shape index (κ1) is 9.67. The fourth-order valence-electron chi connectivity index (χ4n) is 1.95. The van der Waals surface area contributed by atoms with Gasteiger partial charge in [-0.1, -0.05) is 30.3 Å². The maximum absolute atomic E-state index is 6.03. The van der Waals surface area contributed by atoms with E-state index in [-0.39, 0.29) is 5.38 Å². The van der Waals surface area contributed by atoms with Crippen molar-refractivity contribution in [1.82, 2.24) is 9.97 Å². The molecule has 1 N–H and O–H groups in total. The smallest absolute Gasteiger partial charge is 0.125 e. The van der Waals surface area contributed by atoms with E-state index in [1.54, 1.807) is 0 Å². The van der Waals surface area contributed by atoms with E-state index in [1.165, 1.54) is 10.8 Å². The van der Waals surface area contributed by atoms with Gasteiger partial charge in [0.2, 0.25) is 0 Å². The molecular weight excluding hydrogens is 220 g/mol. The normalized spacial score (nSPS) is 13.4. The van der Waals surface area contributed by atoms with Gasteiger partial charge in [-0.15, -0.1) is 11.6 Å². The number of aromatic nitrogens is 2. The second kappa shape index (κ2) is 3.49. The van der Waals surface area contributed by atoms with Crippen molar-refractivity contribution in [1.29, 1.82) is 0 Å². The van der Waals surface area contributed by atoms with Crippen molar-refractivity contribution in [3.8, 4) is 0 Å². The van der Waals surface area contributed by atoms with Gasteiger partial charge in [-0.3, -0.25) is 0 Å². The molecule has 0 saturated carbocycles. The Kier molecular flexibility index (Phi) is 2.11. The molecule has 3 rings (SSSR count). The molecule has 0 bridgehead atoms. The molecule has 0 spiro atoms. The summed E-state index contributed by atoms with van der Waals surface area (Å²) >= 11 is 6.03. The van der Waals surface area contributed by atoms with Crippen LogP contribution in [0.5, 0.6) is 0 Å². The molecule has 1 aromatic heterocycles. The lowest BCUT2D eigenvalue weighted by molar-refractivity contribution is 0.962. The lowest BCUT2D eigenvalue weighted by atomic mass is 10.1. The maximum atomic E-state index is 6.03. The third-order valence-corrected chi connectivity index (χ3v) is 2.98. The molecular formula is C13H11ClN2. The molecule has 0 saturated heterocycles. The number of aromatic amines is 1. The van der Waals surface area contributed by atoms with Gasteiger partial charge in [-0.2, -0.15) is 0 Å². The Morgan fingerprint density at radius 2 is 2.00 bits per heavy atom. The van der Waals surface area contributed by atoms with E-state index in [4.69, 9.17) is 11.6 Å². The number of hydrogen-bond acceptors (Lipinski definition) is 1. The predicted octanol–water partition coefficient (Wildman–Crippen LogP) is 4.02. The van der Waals surface area contributed by atoms with Crippen LogP contribution >= 0.6 is 11.6 Å². The summed E-state index contributed by atoms with van der Waals surface area (Å²) in [6, 6.07) is 12.4. The summed E-state index contributed by atoms with van der Waals surface area (Å²) in [5, 5.41) is 2.28. The molecule has 80 valence electrons. The van der Waals surface area contributed by atoms with Crippen LogP contribution in [0, 0.1) is 0 Å². The zero-order chi connectivity index (χ0) is 11.1. The number of nitrogens with zero attached hydrogens (tertiary/aromatic N) is 1. The Balaban J connectivity index is 2.41. The molecule has 0 aliphatic heterocycles. The number of fused-ring (bicyclic) bond motifs is 3. The van der Waals surface area contributed by atoms with E-state index in [1.807, 2.05) is 25.1 Å². The highest BCUT2D eigenvalue weighted by atomic mass is 35.5. The van der Waals surface area contributed by atoms with Gasteiger partial charge in [0.1, 0.15) is 5.82 Å². The van der Waals surface area contributed by atoms with Crippen LogP contribution in [0.2, 0.25) is 0 Å². The average molecular weight is 231 g/mol. The third kappa shape index (κ3) is 1.38. The van der Waals surface area contributed by atoms with Crippen molar-refractivity contribution in [2.24, 2.45) is 0 Å². The molecule has 2 nitrogen and oxygen atoms in total. The van der Waals surface area contributed by atoms with Crippen LogP contribution in [0.15, 0.2) is 36.4 Å². The summed E-state index contributed by atoms with van der Waals surface area (Å²) in [7, 11) is 0. The molecule has 2 aromatic carbocycles. The fraction of sp³-hybridized carbons (Fsp3) is 0.154. The van der Waals surface area contributed by atoms with E-state index in [0.29, 0.717) is 0 Å². The number of hydrogen-bond donors (Lipinski definition) is 1. The molecule has 0 amide bonds. The summed E-state index contributed by atoms with van der Waals surface area (Å²) in [5.41, 5.74) is 2.04. The van der Waals surface area contributed by atoms with Crippen LogP contribution in [-0.4, -0.2) is 9.97 Å². The van der Waals surface area contributed by atoms with E-state index in [9.17, 15) is 0 Å². The maximum Gasteiger partial charge on any atom is 0.125 e. The first-order chi connectivity index (χ1) is 7.75. The molecule has 0 fully saturated rings. The molecule has 0 aliphatic rings. The van der Waals surface area contributed by atoms with E-state index in [0.717, 1.165) is 16.9 Å². The highest BCUT2D eigenvalue weighted by Crippen LogP contribution is 2.26. The quantitative estimate of drug-likeness (QED) is 0.629. The topological polar surface area (TPSA) is 28.7 Å². The van der Waals surface area contributed by atoms with Gasteiger partial charge in [-0.25, -0.2) is 4.98 Å². The molecule has 1 unspecified atom stereocenters. The minimum atomic E-state index is -0.0915. The number of rotatable bonds is 1. The van der Waals surface area contributed by atoms with Crippen LogP contribution in [0.1, 0.15) is 18.1 Å². The second-order valence-corrected chi connectivity index (χ2v) is 4.58. The number of imidazole rings is 1. The van der Waals surface area contributed by atoms with Gasteiger partial charge in [0.15, 0.2) is 0 Å². The molecule has 3 heteroatoms. The Morgan fingerprint density at radius 1 is 1.19 bits per heavy atom. The van der Waals surface area contributed by atoms with Gasteiger partial charge in [0.25, 0.3) is 0 Å². The van der Waals surface area contributed by atoms with Crippen LogP contribution in [-0.2, 0) is 0 Å². The highest BCUT2D eigenvalue weighted by Gasteiger charge is 2.09. The lowest BCUT2D eigenvalue weighted by Gasteiger charge is -1.96. The third-order valence-electron chi connectivity index (χ3n) is 2.77. The van der Waals surface area contributed by atoms with Crippen LogP contribution in [0.3, 0.4) is 0 Å². The van der Waals surface area contributed by atoms with Crippen LogP contribution in [0.4, 0.5) is 0 Å². The zero-order valence-electron chi connectivity index (χ0n) is 8.87. The van der Waals surface area contributed by atoms with E-state index in [2.05, 4.69) is 28.2 Å². The Morgan fingerprint density at radius 3 is 2.81 bits per heavy atom. The minimum Gasteiger partial charge on any atom is -0.341 e. The lowest BCUT2D eigenvalue weighted by Crippen LogP contribution is -1.85. The largest absolute Gasteiger partial charge is 0.341 e. The van der Waals surface area contributed by atoms with Crippen molar-refractivity contribution in [3.05, 3.63) is 42.2 Å². The van der Waals surface area contributed by atoms with Crippen LogP contribution in [0.25, 0.3) is 21.8 Å². The highest BCUT2D eigenvalue weighted by molar-refractivity contribution is 6.20. The molecule has 1 heterocycles. The summed E-state index contributed by atoms with van der Waals surface area (Å²) in [6.45, 7) is 1.92. The number of benzene rings is 2. The summed E-state index contributed by atoms with van der Waals surface area (Å²) < 4.78 is 0. The summed E-state index contributed by atoms with van der Waals surface area (Å²) in [6.07, 6.45) is 0. The number of halogens is 1. The second-order valence-electron chi connectivity index (χ2n) is 3.92. The van der Waals surface area contributed by atoms with Crippen molar-refractivity contribution in [2.75, 3.05) is 0 Å². The van der Waals surface area contributed by atoms with E-state index < -0.39 is 0 Å². The van der Waals surface area contributed by atoms with Gasteiger partial charge in [0, 0.05) is 5.39 Å². The average Bonchev–Trinajstić information content (AvgIpc) is 2.73. The molecule has 0 radical (unpaired) electrons. The molecule has 3 aromatic rings. The SMILES string of the molecule is CC(Cl)c1nc2c(ccc3ccccc32)[nH]1. The van der Waals surface area contributed by atoms with Crippen molar-refractivity contribution >= 4 is 33.4 Å². The number of alkyl halides is 1. The molecule has 1 atom stereocenters. The monoisotopic (exact) mass is 230 g/mol. The van der Waals surface area contributed by atoms with E-state index >= 15 is 0 Å². The summed E-state index contributed by atoms with van der Waals surface area (Å²) in [5.74, 6) is 0.827. The summed E-state index contributed by atoms with van der Waals surface area (Å²) in [4.78, 5) is 7.80. The minimum absolute atomic E-state index is 0.0915. The zero-order valence-corrected chi connectivity index (χ0v) is 9.62. The first-order valence-corrected chi connectivity index (χ1v) is 5.71. The Labute approximate surface area is 98.3 Å². The van der Waals surface area contributed by atoms with Crippen molar-refractivity contribution in [3.63, 3.8) is 0 Å². The standard InChI is InChI=1S/C13H11ClN2/c1-8(14)13-15-11-7-6-9-4-2-3-5-10(9)12(11)16-13/h2-8H,1H3,(H,15,16). The van der Waals surface area contributed by atoms with Crippen molar-refractivity contribution < 1.29 is 0 Å². The molecule has 16 heavy (non-hydrogen) atoms. The number of H-pyrrole nitrogens is 1. The predicted molar refractivity (Wildman–Crippen MR) is 67.9 cm³/mol.